The number of nitrogens with zero attached hydrogens (tertiary/aromatic N) is 1. The number of ether oxygens (including phenoxy) is 1. The molecule has 0 spiro atoms. The van der Waals surface area contributed by atoms with Gasteiger partial charge in [-0.25, -0.2) is 0 Å². The van der Waals surface area contributed by atoms with Crippen molar-refractivity contribution < 1.29 is 4.74 Å². The van der Waals surface area contributed by atoms with Crippen LogP contribution in [0, 0.1) is 11.8 Å². The highest BCUT2D eigenvalue weighted by Gasteiger charge is 2.37. The monoisotopic (exact) mass is 240 g/mol. The van der Waals surface area contributed by atoms with Crippen molar-refractivity contribution in [2.75, 3.05) is 26.3 Å². The summed E-state index contributed by atoms with van der Waals surface area (Å²) in [5, 5.41) is 0. The van der Waals surface area contributed by atoms with Crippen molar-refractivity contribution in [1.82, 2.24) is 4.90 Å². The van der Waals surface area contributed by atoms with Crippen LogP contribution in [0.5, 0.6) is 0 Å². The normalized spacial score (nSPS) is 27.0. The van der Waals surface area contributed by atoms with E-state index in [1.807, 2.05) is 0 Å². The molecule has 17 heavy (non-hydrogen) atoms. The lowest BCUT2D eigenvalue weighted by atomic mass is 9.96. The van der Waals surface area contributed by atoms with Crippen molar-refractivity contribution >= 4 is 0 Å². The summed E-state index contributed by atoms with van der Waals surface area (Å²) in [4.78, 5) is 2.69. The Kier molecular flexibility index (Phi) is 4.83. The van der Waals surface area contributed by atoms with Crippen LogP contribution in [0.4, 0.5) is 0 Å². The molecule has 2 unspecified atom stereocenters. The molecule has 3 nitrogen and oxygen atoms in total. The first-order chi connectivity index (χ1) is 8.22. The zero-order chi connectivity index (χ0) is 12.3. The topological polar surface area (TPSA) is 38.5 Å². The second kappa shape index (κ2) is 6.17. The van der Waals surface area contributed by atoms with Gasteiger partial charge < -0.3 is 10.5 Å². The van der Waals surface area contributed by atoms with Gasteiger partial charge in [-0.1, -0.05) is 13.8 Å². The van der Waals surface area contributed by atoms with Crippen LogP contribution in [-0.4, -0.2) is 43.3 Å². The van der Waals surface area contributed by atoms with Gasteiger partial charge in [-0.05, 0) is 38.1 Å². The number of hydrogen-bond donors (Lipinski definition) is 1. The van der Waals surface area contributed by atoms with E-state index >= 15 is 0 Å². The van der Waals surface area contributed by atoms with Gasteiger partial charge in [0, 0.05) is 31.2 Å². The van der Waals surface area contributed by atoms with Crippen molar-refractivity contribution in [3.05, 3.63) is 0 Å². The molecule has 2 N–H and O–H groups in total. The summed E-state index contributed by atoms with van der Waals surface area (Å²) in [7, 11) is 0. The van der Waals surface area contributed by atoms with E-state index in [0.29, 0.717) is 12.0 Å². The maximum Gasteiger partial charge on any atom is 0.0510 e. The minimum absolute atomic E-state index is 0.559. The summed E-state index contributed by atoms with van der Waals surface area (Å²) >= 11 is 0. The Balaban J connectivity index is 1.91. The van der Waals surface area contributed by atoms with Crippen molar-refractivity contribution in [2.45, 2.75) is 51.6 Å². The van der Waals surface area contributed by atoms with Crippen LogP contribution in [-0.2, 0) is 4.74 Å². The minimum Gasteiger partial charge on any atom is -0.381 e. The Hall–Kier alpha value is -0.120. The summed E-state index contributed by atoms with van der Waals surface area (Å²) < 4.78 is 5.53. The second-order valence-electron chi connectivity index (χ2n) is 6.08. The molecule has 2 fully saturated rings. The number of hydrogen-bond acceptors (Lipinski definition) is 3. The molecular formula is C14H28N2O. The third-order valence-corrected chi connectivity index (χ3v) is 4.16. The van der Waals surface area contributed by atoms with E-state index in [9.17, 15) is 0 Å². The maximum atomic E-state index is 6.03. The molecule has 2 rings (SSSR count). The largest absolute Gasteiger partial charge is 0.381 e. The van der Waals surface area contributed by atoms with Gasteiger partial charge in [-0.2, -0.15) is 0 Å². The Labute approximate surface area is 106 Å². The summed E-state index contributed by atoms with van der Waals surface area (Å²) in [6, 6.07) is 1.38. The van der Waals surface area contributed by atoms with Crippen LogP contribution < -0.4 is 5.73 Å². The van der Waals surface area contributed by atoms with Crippen molar-refractivity contribution in [3.63, 3.8) is 0 Å². The fourth-order valence-corrected chi connectivity index (χ4v) is 2.89. The van der Waals surface area contributed by atoms with Crippen LogP contribution in [0.15, 0.2) is 0 Å². The molecule has 0 aromatic rings. The van der Waals surface area contributed by atoms with Crippen molar-refractivity contribution in [3.8, 4) is 0 Å². The standard InChI is InChI=1S/C14H28N2O/c1-11(2)5-7-16(13-3-4-13)14(9-15)12-6-8-17-10-12/h11-14H,3-10,15H2,1-2H3. The van der Waals surface area contributed by atoms with Crippen LogP contribution in [0.25, 0.3) is 0 Å². The maximum absolute atomic E-state index is 6.03. The van der Waals surface area contributed by atoms with E-state index in [4.69, 9.17) is 10.5 Å². The van der Waals surface area contributed by atoms with Crippen molar-refractivity contribution in [1.29, 1.82) is 0 Å². The molecule has 100 valence electrons. The first-order valence-corrected chi connectivity index (χ1v) is 7.26. The second-order valence-corrected chi connectivity index (χ2v) is 6.08. The molecule has 1 saturated heterocycles. The lowest BCUT2D eigenvalue weighted by molar-refractivity contribution is 0.111. The fraction of sp³-hybridized carbons (Fsp3) is 1.00. The lowest BCUT2D eigenvalue weighted by Crippen LogP contribution is -2.47. The first-order valence-electron chi connectivity index (χ1n) is 7.26. The quantitative estimate of drug-likeness (QED) is 0.738. The summed E-state index contributed by atoms with van der Waals surface area (Å²) in [6.07, 6.45) is 5.25. The molecule has 0 aromatic heterocycles. The Morgan fingerprint density at radius 2 is 2.06 bits per heavy atom. The van der Waals surface area contributed by atoms with Gasteiger partial charge in [-0.3, -0.25) is 4.90 Å². The minimum atomic E-state index is 0.559. The van der Waals surface area contributed by atoms with Gasteiger partial charge >= 0.3 is 0 Å². The van der Waals surface area contributed by atoms with Crippen LogP contribution in [0.3, 0.4) is 0 Å². The lowest BCUT2D eigenvalue weighted by Gasteiger charge is -2.35. The molecule has 1 saturated carbocycles. The molecule has 3 heteroatoms. The molecule has 0 amide bonds. The molecule has 0 radical (unpaired) electrons. The van der Waals surface area contributed by atoms with Crippen LogP contribution >= 0.6 is 0 Å². The molecular weight excluding hydrogens is 212 g/mol. The van der Waals surface area contributed by atoms with E-state index in [2.05, 4.69) is 18.7 Å². The van der Waals surface area contributed by atoms with Crippen LogP contribution in [0.2, 0.25) is 0 Å². The van der Waals surface area contributed by atoms with Gasteiger partial charge in [0.1, 0.15) is 0 Å². The number of nitrogens with two attached hydrogens (primary N) is 1. The van der Waals surface area contributed by atoms with Gasteiger partial charge in [0.05, 0.1) is 6.61 Å². The predicted octanol–water partition coefficient (Wildman–Crippen LogP) is 1.86. The third kappa shape index (κ3) is 3.67. The zero-order valence-corrected chi connectivity index (χ0v) is 11.4. The van der Waals surface area contributed by atoms with Crippen molar-refractivity contribution in [2.24, 2.45) is 17.6 Å². The molecule has 1 aliphatic carbocycles. The van der Waals surface area contributed by atoms with Gasteiger partial charge in [0.25, 0.3) is 0 Å². The van der Waals surface area contributed by atoms with E-state index in [-0.39, 0.29) is 0 Å². The summed E-state index contributed by atoms with van der Waals surface area (Å²) in [6.45, 7) is 8.49. The fourth-order valence-electron chi connectivity index (χ4n) is 2.89. The zero-order valence-electron chi connectivity index (χ0n) is 11.4. The molecule has 0 aromatic carbocycles. The summed E-state index contributed by atoms with van der Waals surface area (Å²) in [5.74, 6) is 1.46. The van der Waals surface area contributed by atoms with Crippen LogP contribution in [0.1, 0.15) is 39.5 Å². The average Bonchev–Trinajstić information content (AvgIpc) is 3.00. The number of rotatable bonds is 7. The van der Waals surface area contributed by atoms with Gasteiger partial charge in [0.15, 0.2) is 0 Å². The highest BCUT2D eigenvalue weighted by Crippen LogP contribution is 2.32. The smallest absolute Gasteiger partial charge is 0.0510 e. The van der Waals surface area contributed by atoms with Gasteiger partial charge in [0.2, 0.25) is 0 Å². The first kappa shape index (κ1) is 13.3. The Morgan fingerprint density at radius 1 is 1.29 bits per heavy atom. The molecule has 2 aliphatic rings. The highest BCUT2D eigenvalue weighted by molar-refractivity contribution is 4.92. The van der Waals surface area contributed by atoms with E-state index in [1.54, 1.807) is 0 Å². The third-order valence-electron chi connectivity index (χ3n) is 4.16. The van der Waals surface area contributed by atoms with Gasteiger partial charge in [-0.15, -0.1) is 0 Å². The highest BCUT2D eigenvalue weighted by atomic mass is 16.5. The average molecular weight is 240 g/mol. The predicted molar refractivity (Wildman–Crippen MR) is 71.0 cm³/mol. The molecule has 0 bridgehead atoms. The van der Waals surface area contributed by atoms with E-state index < -0.39 is 0 Å². The Morgan fingerprint density at radius 3 is 2.53 bits per heavy atom. The Bertz CT molecular complexity index is 222. The molecule has 1 aliphatic heterocycles. The van der Waals surface area contributed by atoms with E-state index in [1.165, 1.54) is 32.2 Å². The SMILES string of the molecule is CC(C)CCN(C1CC1)C(CN)C1CCOC1. The molecule has 2 atom stereocenters. The molecule has 1 heterocycles. The summed E-state index contributed by atoms with van der Waals surface area (Å²) in [5.41, 5.74) is 6.03. The van der Waals surface area contributed by atoms with E-state index in [0.717, 1.165) is 31.7 Å².